The van der Waals surface area contributed by atoms with Gasteiger partial charge >= 0.3 is 0 Å². The second-order valence-corrected chi connectivity index (χ2v) is 4.84. The standard InChI is InChI=1S/C17H15N3O2/c1-11-13(9-12-10-18-8-7-14(12)19-11)17(21)20-15-5-3-4-6-16(15)22-2/h3-10H,1-2H3,(H,20,21). The Bertz CT molecular complexity index is 846. The number of fused-ring (bicyclic) bond motifs is 1. The fraction of sp³-hybridized carbons (Fsp3) is 0.118. The molecule has 2 aromatic heterocycles. The molecule has 3 aromatic rings. The van der Waals surface area contributed by atoms with E-state index < -0.39 is 0 Å². The number of ether oxygens (including phenoxy) is 1. The first kappa shape index (κ1) is 14.0. The number of aryl methyl sites for hydroxylation is 1. The molecule has 0 aliphatic rings. The van der Waals surface area contributed by atoms with Crippen LogP contribution in [-0.2, 0) is 0 Å². The molecule has 0 saturated carbocycles. The number of rotatable bonds is 3. The van der Waals surface area contributed by atoms with Gasteiger partial charge in [-0.3, -0.25) is 14.8 Å². The Morgan fingerprint density at radius 2 is 2.05 bits per heavy atom. The van der Waals surface area contributed by atoms with Crippen molar-refractivity contribution >= 4 is 22.5 Å². The summed E-state index contributed by atoms with van der Waals surface area (Å²) in [5.41, 5.74) is 2.64. The summed E-state index contributed by atoms with van der Waals surface area (Å²) >= 11 is 0. The van der Waals surface area contributed by atoms with Gasteiger partial charge in [0.1, 0.15) is 5.75 Å². The van der Waals surface area contributed by atoms with Crippen LogP contribution in [0, 0.1) is 6.92 Å². The van der Waals surface area contributed by atoms with Gasteiger partial charge in [-0.15, -0.1) is 0 Å². The Balaban J connectivity index is 1.97. The minimum atomic E-state index is -0.222. The smallest absolute Gasteiger partial charge is 0.257 e. The zero-order valence-corrected chi connectivity index (χ0v) is 12.3. The van der Waals surface area contributed by atoms with E-state index in [0.717, 1.165) is 10.9 Å². The van der Waals surface area contributed by atoms with Crippen LogP contribution in [0.2, 0.25) is 0 Å². The maximum absolute atomic E-state index is 12.5. The third kappa shape index (κ3) is 2.61. The van der Waals surface area contributed by atoms with Crippen molar-refractivity contribution in [1.82, 2.24) is 9.97 Å². The summed E-state index contributed by atoms with van der Waals surface area (Å²) in [4.78, 5) is 21.0. The Kier molecular flexibility index (Phi) is 3.70. The summed E-state index contributed by atoms with van der Waals surface area (Å²) in [7, 11) is 1.57. The van der Waals surface area contributed by atoms with E-state index in [4.69, 9.17) is 4.74 Å². The number of anilines is 1. The van der Waals surface area contributed by atoms with Crippen LogP contribution in [0.25, 0.3) is 10.9 Å². The third-order valence-corrected chi connectivity index (χ3v) is 3.41. The molecule has 1 N–H and O–H groups in total. The van der Waals surface area contributed by atoms with Crippen LogP contribution in [0.3, 0.4) is 0 Å². The van der Waals surface area contributed by atoms with Gasteiger partial charge in [-0.25, -0.2) is 0 Å². The molecule has 0 spiro atoms. The zero-order chi connectivity index (χ0) is 15.5. The van der Waals surface area contributed by atoms with Crippen LogP contribution in [-0.4, -0.2) is 23.0 Å². The van der Waals surface area contributed by atoms with Crippen molar-refractivity contribution in [2.75, 3.05) is 12.4 Å². The van der Waals surface area contributed by atoms with E-state index in [1.165, 1.54) is 0 Å². The number of para-hydroxylation sites is 2. The Labute approximate surface area is 128 Å². The van der Waals surface area contributed by atoms with Gasteiger partial charge in [0, 0.05) is 17.8 Å². The van der Waals surface area contributed by atoms with Crippen LogP contribution in [0.1, 0.15) is 16.1 Å². The van der Waals surface area contributed by atoms with Gasteiger partial charge in [0.2, 0.25) is 0 Å². The number of hydrogen-bond acceptors (Lipinski definition) is 4. The van der Waals surface area contributed by atoms with E-state index in [1.807, 2.05) is 25.1 Å². The van der Waals surface area contributed by atoms with Gasteiger partial charge in [0.15, 0.2) is 0 Å². The monoisotopic (exact) mass is 293 g/mol. The van der Waals surface area contributed by atoms with Crippen LogP contribution in [0.5, 0.6) is 5.75 Å². The predicted octanol–water partition coefficient (Wildman–Crippen LogP) is 3.20. The van der Waals surface area contributed by atoms with Crippen molar-refractivity contribution in [3.63, 3.8) is 0 Å². The Hall–Kier alpha value is -2.95. The van der Waals surface area contributed by atoms with Crippen molar-refractivity contribution < 1.29 is 9.53 Å². The second kappa shape index (κ2) is 5.81. The van der Waals surface area contributed by atoms with Crippen LogP contribution in [0.4, 0.5) is 5.69 Å². The Morgan fingerprint density at radius 3 is 2.86 bits per heavy atom. The highest BCUT2D eigenvalue weighted by Gasteiger charge is 2.13. The van der Waals surface area contributed by atoms with Crippen molar-refractivity contribution in [3.8, 4) is 5.75 Å². The van der Waals surface area contributed by atoms with Crippen molar-refractivity contribution in [3.05, 3.63) is 60.0 Å². The lowest BCUT2D eigenvalue weighted by atomic mass is 10.1. The van der Waals surface area contributed by atoms with E-state index in [0.29, 0.717) is 22.7 Å². The normalized spacial score (nSPS) is 10.5. The lowest BCUT2D eigenvalue weighted by Crippen LogP contribution is -2.14. The second-order valence-electron chi connectivity index (χ2n) is 4.84. The highest BCUT2D eigenvalue weighted by molar-refractivity contribution is 6.07. The number of nitrogens with one attached hydrogen (secondary N) is 1. The number of nitrogens with zero attached hydrogens (tertiary/aromatic N) is 2. The van der Waals surface area contributed by atoms with Crippen LogP contribution < -0.4 is 10.1 Å². The number of benzene rings is 1. The largest absolute Gasteiger partial charge is 0.495 e. The number of pyridine rings is 2. The molecule has 0 aliphatic carbocycles. The fourth-order valence-corrected chi connectivity index (χ4v) is 2.28. The van der Waals surface area contributed by atoms with Gasteiger partial charge in [-0.1, -0.05) is 12.1 Å². The van der Waals surface area contributed by atoms with Gasteiger partial charge in [0.25, 0.3) is 5.91 Å². The molecule has 0 aliphatic heterocycles. The third-order valence-electron chi connectivity index (χ3n) is 3.41. The molecule has 3 rings (SSSR count). The fourth-order valence-electron chi connectivity index (χ4n) is 2.28. The molecule has 0 saturated heterocycles. The van der Waals surface area contributed by atoms with Gasteiger partial charge in [-0.05, 0) is 31.2 Å². The van der Waals surface area contributed by atoms with Crippen LogP contribution >= 0.6 is 0 Å². The summed E-state index contributed by atoms with van der Waals surface area (Å²) < 4.78 is 5.24. The molecule has 0 bridgehead atoms. The molecule has 5 heteroatoms. The first-order valence-electron chi connectivity index (χ1n) is 6.85. The molecule has 110 valence electrons. The summed E-state index contributed by atoms with van der Waals surface area (Å²) in [6.07, 6.45) is 3.38. The average Bonchev–Trinajstić information content (AvgIpc) is 2.54. The van der Waals surface area contributed by atoms with Crippen molar-refractivity contribution in [2.24, 2.45) is 0 Å². The molecule has 1 aromatic carbocycles. The van der Waals surface area contributed by atoms with Gasteiger partial charge in [-0.2, -0.15) is 0 Å². The molecule has 0 atom stereocenters. The van der Waals surface area contributed by atoms with Gasteiger partial charge < -0.3 is 10.1 Å². The van der Waals surface area contributed by atoms with Crippen molar-refractivity contribution in [1.29, 1.82) is 0 Å². The summed E-state index contributed by atoms with van der Waals surface area (Å²) in [6.45, 7) is 1.82. The number of methoxy groups -OCH3 is 1. The molecular formula is C17H15N3O2. The Morgan fingerprint density at radius 1 is 1.23 bits per heavy atom. The maximum Gasteiger partial charge on any atom is 0.257 e. The molecule has 5 nitrogen and oxygen atoms in total. The quantitative estimate of drug-likeness (QED) is 0.805. The maximum atomic E-state index is 12.5. The number of aromatic nitrogens is 2. The van der Waals surface area contributed by atoms with E-state index >= 15 is 0 Å². The summed E-state index contributed by atoms with van der Waals surface area (Å²) in [5, 5.41) is 3.69. The minimum Gasteiger partial charge on any atom is -0.495 e. The van der Waals surface area contributed by atoms with E-state index in [-0.39, 0.29) is 5.91 Å². The zero-order valence-electron chi connectivity index (χ0n) is 12.3. The molecular weight excluding hydrogens is 278 g/mol. The topological polar surface area (TPSA) is 64.1 Å². The van der Waals surface area contributed by atoms with Crippen LogP contribution in [0.15, 0.2) is 48.8 Å². The molecule has 1 amide bonds. The molecule has 0 fully saturated rings. The van der Waals surface area contributed by atoms with Crippen molar-refractivity contribution in [2.45, 2.75) is 6.92 Å². The molecule has 22 heavy (non-hydrogen) atoms. The number of carbonyl (C=O) groups excluding carboxylic acids is 1. The first-order valence-corrected chi connectivity index (χ1v) is 6.85. The highest BCUT2D eigenvalue weighted by atomic mass is 16.5. The van der Waals surface area contributed by atoms with Gasteiger partial charge in [0.05, 0.1) is 29.6 Å². The van der Waals surface area contributed by atoms with E-state index in [2.05, 4.69) is 15.3 Å². The number of amides is 1. The molecule has 0 unspecified atom stereocenters. The first-order chi connectivity index (χ1) is 10.7. The average molecular weight is 293 g/mol. The number of carbonyl (C=O) groups is 1. The predicted molar refractivity (Wildman–Crippen MR) is 85.2 cm³/mol. The lowest BCUT2D eigenvalue weighted by Gasteiger charge is -2.11. The van der Waals surface area contributed by atoms with E-state index in [9.17, 15) is 4.79 Å². The lowest BCUT2D eigenvalue weighted by molar-refractivity contribution is 0.102. The molecule has 2 heterocycles. The molecule has 0 radical (unpaired) electrons. The number of hydrogen-bond donors (Lipinski definition) is 1. The van der Waals surface area contributed by atoms with E-state index in [1.54, 1.807) is 37.7 Å². The minimum absolute atomic E-state index is 0.222. The highest BCUT2D eigenvalue weighted by Crippen LogP contribution is 2.24. The summed E-state index contributed by atoms with van der Waals surface area (Å²) in [6, 6.07) is 10.9. The summed E-state index contributed by atoms with van der Waals surface area (Å²) in [5.74, 6) is 0.393. The SMILES string of the molecule is COc1ccccc1NC(=O)c1cc2cnccc2nc1C.